The molecule has 3 N–H and O–H groups in total. The van der Waals surface area contributed by atoms with Gasteiger partial charge in [0.05, 0.1) is 22.8 Å². The smallest absolute Gasteiger partial charge is 0.259 e. The summed E-state index contributed by atoms with van der Waals surface area (Å²) in [5.74, 6) is -0.881. The van der Waals surface area contributed by atoms with Crippen LogP contribution in [-0.2, 0) is 4.79 Å². The Bertz CT molecular complexity index is 998. The molecule has 6 nitrogen and oxygen atoms in total. The summed E-state index contributed by atoms with van der Waals surface area (Å²) in [5.41, 5.74) is 4.51. The highest BCUT2D eigenvalue weighted by molar-refractivity contribution is 6.42. The first kappa shape index (κ1) is 18.0. The maximum Gasteiger partial charge on any atom is 0.259 e. The molecule has 1 heterocycles. The number of hydrogen-bond acceptors (Lipinski definition) is 3. The molecule has 0 bridgehead atoms. The van der Waals surface area contributed by atoms with Gasteiger partial charge >= 0.3 is 0 Å². The Balaban J connectivity index is 1.52. The summed E-state index contributed by atoms with van der Waals surface area (Å²) in [6, 6.07) is 12.2. The fraction of sp³-hybridized carbons (Fsp3) is 0.0556. The number of hydrogen-bond donors (Lipinski definition) is 3. The van der Waals surface area contributed by atoms with Crippen LogP contribution in [0, 0.1) is 0 Å². The molecule has 26 heavy (non-hydrogen) atoms. The van der Waals surface area contributed by atoms with Crippen LogP contribution in [0.2, 0.25) is 10.0 Å². The van der Waals surface area contributed by atoms with Crippen LogP contribution in [0.5, 0.6) is 0 Å². The van der Waals surface area contributed by atoms with Crippen molar-refractivity contribution in [3.05, 3.63) is 69.8 Å². The third kappa shape index (κ3) is 4.22. The van der Waals surface area contributed by atoms with Crippen molar-refractivity contribution in [3.8, 4) is 0 Å². The van der Waals surface area contributed by atoms with E-state index < -0.39 is 11.8 Å². The minimum Gasteiger partial charge on any atom is -0.361 e. The minimum atomic E-state index is -0.450. The van der Waals surface area contributed by atoms with Crippen LogP contribution in [0.15, 0.2) is 53.8 Å². The van der Waals surface area contributed by atoms with Gasteiger partial charge in [0.2, 0.25) is 0 Å². The molecule has 0 aliphatic rings. The average molecular weight is 389 g/mol. The Morgan fingerprint density at radius 2 is 1.92 bits per heavy atom. The average Bonchev–Trinajstić information content (AvgIpc) is 3.05. The molecule has 0 saturated carbocycles. The highest BCUT2D eigenvalue weighted by atomic mass is 35.5. The highest BCUT2D eigenvalue weighted by Gasteiger charge is 2.09. The Morgan fingerprint density at radius 3 is 2.73 bits per heavy atom. The lowest BCUT2D eigenvalue weighted by Gasteiger charge is -2.05. The van der Waals surface area contributed by atoms with Gasteiger partial charge < -0.3 is 10.3 Å². The van der Waals surface area contributed by atoms with Gasteiger partial charge in [0.1, 0.15) is 0 Å². The molecular formula is C18H14Cl2N4O2. The summed E-state index contributed by atoms with van der Waals surface area (Å²) in [5, 5.41) is 8.02. The number of benzene rings is 2. The van der Waals surface area contributed by atoms with Gasteiger partial charge in [-0.1, -0.05) is 41.4 Å². The first-order valence-electron chi connectivity index (χ1n) is 7.66. The number of aromatic amines is 1. The van der Waals surface area contributed by atoms with Crippen molar-refractivity contribution in [2.24, 2.45) is 5.10 Å². The number of rotatable bonds is 5. The van der Waals surface area contributed by atoms with Crippen LogP contribution in [-0.4, -0.2) is 29.6 Å². The van der Waals surface area contributed by atoms with Gasteiger partial charge in [-0.15, -0.1) is 0 Å². The molecule has 2 amide bonds. The van der Waals surface area contributed by atoms with Crippen molar-refractivity contribution in [2.45, 2.75) is 0 Å². The number of carbonyl (C=O) groups is 2. The van der Waals surface area contributed by atoms with Crippen molar-refractivity contribution >= 4 is 52.1 Å². The van der Waals surface area contributed by atoms with Gasteiger partial charge in [0, 0.05) is 28.2 Å². The summed E-state index contributed by atoms with van der Waals surface area (Å²) in [4.78, 5) is 26.9. The van der Waals surface area contributed by atoms with Crippen LogP contribution < -0.4 is 10.7 Å². The summed E-state index contributed by atoms with van der Waals surface area (Å²) in [6.45, 7) is -0.218. The largest absolute Gasteiger partial charge is 0.361 e. The second-order valence-electron chi connectivity index (χ2n) is 5.39. The third-order valence-electron chi connectivity index (χ3n) is 3.61. The summed E-state index contributed by atoms with van der Waals surface area (Å²) < 4.78 is 0. The van der Waals surface area contributed by atoms with E-state index >= 15 is 0 Å². The highest BCUT2D eigenvalue weighted by Crippen LogP contribution is 2.22. The third-order valence-corrected chi connectivity index (χ3v) is 4.34. The first-order valence-corrected chi connectivity index (χ1v) is 8.41. The van der Waals surface area contributed by atoms with Gasteiger partial charge in [-0.25, -0.2) is 5.43 Å². The molecule has 0 fully saturated rings. The van der Waals surface area contributed by atoms with E-state index in [1.54, 1.807) is 6.20 Å². The number of fused-ring (bicyclic) bond motifs is 1. The van der Waals surface area contributed by atoms with E-state index in [0.29, 0.717) is 10.6 Å². The molecule has 0 unspecified atom stereocenters. The topological polar surface area (TPSA) is 86.3 Å². The van der Waals surface area contributed by atoms with Gasteiger partial charge in [0.25, 0.3) is 11.8 Å². The van der Waals surface area contributed by atoms with E-state index in [4.69, 9.17) is 23.2 Å². The van der Waals surface area contributed by atoms with E-state index in [0.717, 1.165) is 16.5 Å². The monoisotopic (exact) mass is 388 g/mol. The van der Waals surface area contributed by atoms with Crippen LogP contribution in [0.1, 0.15) is 15.9 Å². The first-order chi connectivity index (χ1) is 12.5. The molecule has 0 saturated heterocycles. The van der Waals surface area contributed by atoms with E-state index in [2.05, 4.69) is 20.8 Å². The van der Waals surface area contributed by atoms with Crippen molar-refractivity contribution in [1.82, 2.24) is 15.7 Å². The second kappa shape index (κ2) is 8.03. The molecule has 1 aromatic heterocycles. The summed E-state index contributed by atoms with van der Waals surface area (Å²) >= 11 is 11.7. The number of halogens is 2. The molecule has 3 aromatic rings. The summed E-state index contributed by atoms with van der Waals surface area (Å²) in [6.07, 6.45) is 3.34. The number of amides is 2. The number of H-pyrrole nitrogens is 1. The van der Waals surface area contributed by atoms with Crippen LogP contribution in [0.25, 0.3) is 10.9 Å². The lowest BCUT2D eigenvalue weighted by Crippen LogP contribution is -2.34. The Morgan fingerprint density at radius 1 is 1.12 bits per heavy atom. The lowest BCUT2D eigenvalue weighted by atomic mass is 10.2. The molecule has 8 heteroatoms. The Labute approximate surface area is 159 Å². The van der Waals surface area contributed by atoms with Gasteiger partial charge in [0.15, 0.2) is 0 Å². The summed E-state index contributed by atoms with van der Waals surface area (Å²) in [7, 11) is 0. The lowest BCUT2D eigenvalue weighted by molar-refractivity contribution is -0.120. The Kier molecular flexibility index (Phi) is 5.55. The van der Waals surface area contributed by atoms with Crippen molar-refractivity contribution in [2.75, 3.05) is 6.54 Å². The van der Waals surface area contributed by atoms with Crippen LogP contribution >= 0.6 is 23.2 Å². The van der Waals surface area contributed by atoms with E-state index in [9.17, 15) is 9.59 Å². The number of hydrazone groups is 1. The number of nitrogens with zero attached hydrogens (tertiary/aromatic N) is 1. The van der Waals surface area contributed by atoms with Crippen LogP contribution in [0.3, 0.4) is 0 Å². The molecular weight excluding hydrogens is 375 g/mol. The van der Waals surface area contributed by atoms with E-state index in [1.165, 1.54) is 24.4 Å². The van der Waals surface area contributed by atoms with Gasteiger partial charge in [-0.2, -0.15) is 5.10 Å². The Hall–Kier alpha value is -2.83. The predicted octanol–water partition coefficient (Wildman–Crippen LogP) is 3.35. The molecule has 3 rings (SSSR count). The molecule has 2 aromatic carbocycles. The quantitative estimate of drug-likeness (QED) is 0.462. The fourth-order valence-corrected chi connectivity index (χ4v) is 2.61. The van der Waals surface area contributed by atoms with Crippen molar-refractivity contribution in [3.63, 3.8) is 0 Å². The molecule has 0 radical (unpaired) electrons. The zero-order chi connectivity index (χ0) is 18.5. The molecule has 132 valence electrons. The molecule has 0 aliphatic heterocycles. The minimum absolute atomic E-state index is 0.218. The van der Waals surface area contributed by atoms with Crippen molar-refractivity contribution < 1.29 is 9.59 Å². The maximum absolute atomic E-state index is 12.0. The molecule has 0 spiro atoms. The van der Waals surface area contributed by atoms with Gasteiger partial charge in [-0.05, 0) is 24.3 Å². The molecule has 0 atom stereocenters. The van der Waals surface area contributed by atoms with Gasteiger partial charge in [-0.3, -0.25) is 9.59 Å². The zero-order valence-electron chi connectivity index (χ0n) is 13.4. The standard InChI is InChI=1S/C18H14Cl2N4O2/c19-14-6-5-11(7-15(14)20)18(26)22-10-17(25)24-23-9-12-8-21-16-4-2-1-3-13(12)16/h1-9,21H,10H2,(H,22,26)(H,24,25)/b23-9+. The number of aromatic nitrogens is 1. The van der Waals surface area contributed by atoms with Crippen molar-refractivity contribution in [1.29, 1.82) is 0 Å². The van der Waals surface area contributed by atoms with E-state index in [-0.39, 0.29) is 11.6 Å². The number of nitrogens with one attached hydrogen (secondary N) is 3. The zero-order valence-corrected chi connectivity index (χ0v) is 14.9. The number of carbonyl (C=O) groups excluding carboxylic acids is 2. The second-order valence-corrected chi connectivity index (χ2v) is 6.21. The fourth-order valence-electron chi connectivity index (χ4n) is 2.31. The molecule has 0 aliphatic carbocycles. The maximum atomic E-state index is 12.0. The SMILES string of the molecule is O=C(CNC(=O)c1ccc(Cl)c(Cl)c1)N/N=C/c1c[nH]c2ccccc12. The number of para-hydroxylation sites is 1. The predicted molar refractivity (Wildman–Crippen MR) is 103 cm³/mol. The van der Waals surface area contributed by atoms with Crippen LogP contribution in [0.4, 0.5) is 0 Å². The van der Waals surface area contributed by atoms with E-state index in [1.807, 2.05) is 24.3 Å². The normalized spacial score (nSPS) is 11.0.